The molecule has 1 N–H and O–H groups in total. The van der Waals surface area contributed by atoms with Crippen molar-refractivity contribution in [3.8, 4) is 0 Å². The molecule has 4 nitrogen and oxygen atoms in total. The van der Waals surface area contributed by atoms with Crippen LogP contribution in [-0.4, -0.2) is 23.7 Å². The van der Waals surface area contributed by atoms with Gasteiger partial charge in [0.15, 0.2) is 0 Å². The Labute approximate surface area is 92.3 Å². The fourth-order valence-electron chi connectivity index (χ4n) is 4.42. The average molecular weight is 220 g/mol. The van der Waals surface area contributed by atoms with E-state index >= 15 is 0 Å². The number of carbonyl (C=O) groups excluding carboxylic acids is 2. The topological polar surface area (TPSA) is 63.6 Å². The number of ether oxygens (including phenoxy) is 1. The van der Waals surface area contributed by atoms with E-state index in [0.29, 0.717) is 0 Å². The minimum absolute atomic E-state index is 0.0131. The summed E-state index contributed by atoms with van der Waals surface area (Å²) in [5.74, 6) is -0.719. The van der Waals surface area contributed by atoms with Crippen molar-refractivity contribution in [1.82, 2.24) is 0 Å². The van der Waals surface area contributed by atoms with Crippen molar-refractivity contribution in [2.75, 3.05) is 6.61 Å². The van der Waals surface area contributed by atoms with Crippen LogP contribution in [0.2, 0.25) is 0 Å². The van der Waals surface area contributed by atoms with Crippen molar-refractivity contribution in [3.05, 3.63) is 12.2 Å². The number of hydrogen-bond acceptors (Lipinski definition) is 4. The van der Waals surface area contributed by atoms with Gasteiger partial charge in [-0.1, -0.05) is 12.2 Å². The smallest absolute Gasteiger partial charge is 0.318 e. The molecule has 1 saturated heterocycles. The predicted molar refractivity (Wildman–Crippen MR) is 51.8 cm³/mol. The van der Waals surface area contributed by atoms with Gasteiger partial charge in [-0.3, -0.25) is 9.59 Å². The zero-order valence-electron chi connectivity index (χ0n) is 8.63. The number of aliphatic hydroxyl groups excluding tert-OH is 1. The van der Waals surface area contributed by atoms with Crippen molar-refractivity contribution in [2.24, 2.45) is 35.0 Å². The molecule has 4 heteroatoms. The van der Waals surface area contributed by atoms with Gasteiger partial charge in [0, 0.05) is 6.61 Å². The van der Waals surface area contributed by atoms with E-state index < -0.39 is 0 Å². The number of allylic oxidation sites excluding steroid dienone is 2. The number of hydrogen-bond donors (Lipinski definition) is 1. The van der Waals surface area contributed by atoms with Crippen LogP contribution < -0.4 is 0 Å². The van der Waals surface area contributed by atoms with Gasteiger partial charge in [0.1, 0.15) is 0 Å². The Kier molecular flexibility index (Phi) is 1.34. The second-order valence-corrected chi connectivity index (χ2v) is 5.42. The van der Waals surface area contributed by atoms with Crippen LogP contribution in [-0.2, 0) is 14.3 Å². The second-order valence-electron chi connectivity index (χ2n) is 5.42. The van der Waals surface area contributed by atoms with Crippen molar-refractivity contribution >= 4 is 11.9 Å². The summed E-state index contributed by atoms with van der Waals surface area (Å²) in [5.41, 5.74) is 0.0131. The van der Waals surface area contributed by atoms with Crippen molar-refractivity contribution in [3.63, 3.8) is 0 Å². The lowest BCUT2D eigenvalue weighted by atomic mass is 9.85. The Hall–Kier alpha value is -1.16. The monoisotopic (exact) mass is 220 g/mol. The Morgan fingerprint density at radius 3 is 2.25 bits per heavy atom. The SMILES string of the molecule is O=C1OC(=O)[C@H]2[C@@H]1[C@H]1C=C[C@@H]2C12CC2CO. The first-order chi connectivity index (χ1) is 7.70. The molecule has 0 aromatic carbocycles. The molecule has 4 aliphatic rings. The van der Waals surface area contributed by atoms with Crippen LogP contribution in [0, 0.1) is 35.0 Å². The summed E-state index contributed by atoms with van der Waals surface area (Å²) in [7, 11) is 0. The van der Waals surface area contributed by atoms with E-state index in [1.807, 2.05) is 0 Å². The van der Waals surface area contributed by atoms with Crippen LogP contribution in [0.15, 0.2) is 12.2 Å². The van der Waals surface area contributed by atoms with Gasteiger partial charge in [0.2, 0.25) is 0 Å². The molecule has 1 heterocycles. The average Bonchev–Trinajstić information content (AvgIpc) is 2.68. The molecule has 4 rings (SSSR count). The fourth-order valence-corrected chi connectivity index (χ4v) is 4.42. The first-order valence-corrected chi connectivity index (χ1v) is 5.75. The van der Waals surface area contributed by atoms with Crippen LogP contribution >= 0.6 is 0 Å². The molecule has 0 radical (unpaired) electrons. The summed E-state index contributed by atoms with van der Waals surface area (Å²) in [6, 6.07) is 0. The minimum Gasteiger partial charge on any atom is -0.396 e. The highest BCUT2D eigenvalue weighted by Gasteiger charge is 2.76. The predicted octanol–water partition coefficient (Wildman–Crippen LogP) is 0.117. The maximum Gasteiger partial charge on any atom is 0.318 e. The van der Waals surface area contributed by atoms with Crippen LogP contribution in [0.25, 0.3) is 0 Å². The van der Waals surface area contributed by atoms with Gasteiger partial charge in [-0.25, -0.2) is 0 Å². The first-order valence-electron chi connectivity index (χ1n) is 5.75. The van der Waals surface area contributed by atoms with Crippen molar-refractivity contribution in [1.29, 1.82) is 0 Å². The van der Waals surface area contributed by atoms with Gasteiger partial charge >= 0.3 is 11.9 Å². The molecule has 3 aliphatic carbocycles. The zero-order valence-corrected chi connectivity index (χ0v) is 8.63. The van der Waals surface area contributed by atoms with Crippen molar-refractivity contribution in [2.45, 2.75) is 6.42 Å². The third kappa shape index (κ3) is 0.696. The number of esters is 2. The molecule has 3 fully saturated rings. The van der Waals surface area contributed by atoms with Crippen LogP contribution in [0.4, 0.5) is 0 Å². The molecule has 0 aromatic rings. The van der Waals surface area contributed by atoms with Crippen LogP contribution in [0.3, 0.4) is 0 Å². The van der Waals surface area contributed by atoms with Gasteiger partial charge in [0.25, 0.3) is 0 Å². The second kappa shape index (κ2) is 2.40. The summed E-state index contributed by atoms with van der Waals surface area (Å²) in [5, 5.41) is 9.26. The summed E-state index contributed by atoms with van der Waals surface area (Å²) >= 11 is 0. The van der Waals surface area contributed by atoms with E-state index in [1.54, 1.807) is 0 Å². The molecule has 6 atom stereocenters. The van der Waals surface area contributed by atoms with Gasteiger partial charge < -0.3 is 9.84 Å². The summed E-state index contributed by atoms with van der Waals surface area (Å²) in [6.07, 6.45) is 5.06. The Morgan fingerprint density at radius 2 is 1.81 bits per heavy atom. The van der Waals surface area contributed by atoms with Gasteiger partial charge in [-0.2, -0.15) is 0 Å². The number of cyclic esters (lactones) is 2. The largest absolute Gasteiger partial charge is 0.396 e. The minimum atomic E-state index is -0.352. The van der Waals surface area contributed by atoms with E-state index in [1.165, 1.54) is 0 Å². The van der Waals surface area contributed by atoms with Gasteiger partial charge in [0.05, 0.1) is 11.8 Å². The molecule has 84 valence electrons. The molecule has 2 bridgehead atoms. The normalized spacial score (nSPS) is 55.9. The Morgan fingerprint density at radius 1 is 1.25 bits per heavy atom. The highest BCUT2D eigenvalue weighted by Crippen LogP contribution is 2.75. The van der Waals surface area contributed by atoms with E-state index in [0.717, 1.165) is 6.42 Å². The lowest BCUT2D eigenvalue weighted by molar-refractivity contribution is -0.155. The third-order valence-corrected chi connectivity index (χ3v) is 5.09. The fraction of sp³-hybridized carbons (Fsp3) is 0.667. The molecular formula is C12H12O4. The summed E-state index contributed by atoms with van der Waals surface area (Å²) in [6.45, 7) is 0.164. The lowest BCUT2D eigenvalue weighted by Gasteiger charge is -2.17. The number of rotatable bonds is 1. The summed E-state index contributed by atoms with van der Waals surface area (Å²) < 4.78 is 4.72. The highest BCUT2D eigenvalue weighted by atomic mass is 16.6. The van der Waals surface area contributed by atoms with Crippen LogP contribution in [0.1, 0.15) is 6.42 Å². The van der Waals surface area contributed by atoms with E-state index in [9.17, 15) is 14.7 Å². The molecular weight excluding hydrogens is 208 g/mol. The van der Waals surface area contributed by atoms with E-state index in [2.05, 4.69) is 12.2 Å². The molecule has 2 saturated carbocycles. The lowest BCUT2D eigenvalue weighted by Crippen LogP contribution is -2.21. The van der Waals surface area contributed by atoms with Gasteiger partial charge in [-0.15, -0.1) is 0 Å². The Bertz CT molecular complexity index is 408. The molecule has 1 aliphatic heterocycles. The quantitative estimate of drug-likeness (QED) is 0.387. The van der Waals surface area contributed by atoms with E-state index in [4.69, 9.17) is 4.74 Å². The Balaban J connectivity index is 1.80. The maximum atomic E-state index is 11.6. The number of aliphatic hydroxyl groups is 1. The van der Waals surface area contributed by atoms with Gasteiger partial charge in [-0.05, 0) is 29.6 Å². The maximum absolute atomic E-state index is 11.6. The van der Waals surface area contributed by atoms with E-state index in [-0.39, 0.29) is 53.6 Å². The molecule has 0 amide bonds. The summed E-state index contributed by atoms with van der Waals surface area (Å²) in [4.78, 5) is 23.3. The van der Waals surface area contributed by atoms with Crippen molar-refractivity contribution < 1.29 is 19.4 Å². The number of fused-ring (bicyclic) bond motifs is 3. The molecule has 2 unspecified atom stereocenters. The number of carbonyl (C=O) groups is 2. The van der Waals surface area contributed by atoms with Crippen LogP contribution in [0.5, 0.6) is 0 Å². The molecule has 1 spiro atoms. The molecule has 16 heavy (non-hydrogen) atoms. The highest BCUT2D eigenvalue weighted by molar-refractivity contribution is 5.98. The zero-order chi connectivity index (χ0) is 11.1. The first kappa shape index (κ1) is 8.93. The molecule has 0 aromatic heterocycles. The standard InChI is InChI=1S/C12H12O4/c13-4-5-3-12(5)6-1-2-7(12)9-8(6)10(14)16-11(9)15/h1-2,5-9,13H,3-4H2/t5?,6-,7+,8+,9-,12?. The third-order valence-electron chi connectivity index (χ3n) is 5.09.